The number of aryl methyl sites for hydroxylation is 1. The summed E-state index contributed by atoms with van der Waals surface area (Å²) in [6, 6.07) is 17.8. The molecule has 0 aliphatic carbocycles. The Bertz CT molecular complexity index is 1490. The molecule has 7 nitrogen and oxygen atoms in total. The number of nitrogens with zero attached hydrogens (tertiary/aromatic N) is 1. The summed E-state index contributed by atoms with van der Waals surface area (Å²) >= 11 is 0. The Balaban J connectivity index is 1.85. The zero-order chi connectivity index (χ0) is 27.9. The summed E-state index contributed by atoms with van der Waals surface area (Å²) in [5.74, 6) is 3.96. The maximum Gasteiger partial charge on any atom is 0.213 e. The highest BCUT2D eigenvalue weighted by molar-refractivity contribution is 5.91. The molecule has 1 heterocycles. The van der Waals surface area contributed by atoms with Crippen LogP contribution in [0.25, 0.3) is 35.2 Å². The van der Waals surface area contributed by atoms with E-state index in [4.69, 9.17) is 28.4 Å². The first-order valence-corrected chi connectivity index (χ1v) is 12.4. The minimum Gasteiger partial charge on any atom is -0.496 e. The fraction of sp³-hybridized carbons (Fsp3) is 0.219. The zero-order valence-corrected chi connectivity index (χ0v) is 23.4. The number of methoxy groups -OCH3 is 6. The fourth-order valence-corrected chi connectivity index (χ4v) is 4.52. The van der Waals surface area contributed by atoms with Crippen molar-refractivity contribution in [2.75, 3.05) is 42.7 Å². The molecule has 0 atom stereocenters. The normalized spacial score (nSPS) is 11.3. The van der Waals surface area contributed by atoms with Crippen LogP contribution in [-0.2, 0) is 7.05 Å². The number of hydrogen-bond acceptors (Lipinski definition) is 6. The molecule has 4 aromatic rings. The van der Waals surface area contributed by atoms with E-state index in [1.165, 1.54) is 0 Å². The molecule has 1 aromatic heterocycles. The van der Waals surface area contributed by atoms with E-state index in [1.54, 1.807) is 42.7 Å². The summed E-state index contributed by atoms with van der Waals surface area (Å²) in [4.78, 5) is 0. The van der Waals surface area contributed by atoms with Crippen molar-refractivity contribution in [2.45, 2.75) is 0 Å². The molecule has 0 aliphatic rings. The SMILES string of the molecule is COc1cc(OC)c(/C=C/c2cc(/C=C/c3c(OC)cc(OC)cc3OC)[n+](C)c3ccccc23)c(OC)c1. The molecule has 39 heavy (non-hydrogen) atoms. The molecule has 0 N–H and O–H groups in total. The van der Waals surface area contributed by atoms with Crippen LogP contribution in [0.4, 0.5) is 0 Å². The molecule has 0 bridgehead atoms. The van der Waals surface area contributed by atoms with Gasteiger partial charge in [0.05, 0.1) is 59.2 Å². The first-order valence-electron chi connectivity index (χ1n) is 12.4. The number of rotatable bonds is 10. The van der Waals surface area contributed by atoms with Crippen LogP contribution in [0.2, 0.25) is 0 Å². The lowest BCUT2D eigenvalue weighted by Crippen LogP contribution is -2.33. The van der Waals surface area contributed by atoms with Crippen molar-refractivity contribution in [3.63, 3.8) is 0 Å². The van der Waals surface area contributed by atoms with Crippen molar-refractivity contribution in [1.82, 2.24) is 0 Å². The van der Waals surface area contributed by atoms with E-state index in [2.05, 4.69) is 28.8 Å². The van der Waals surface area contributed by atoms with Gasteiger partial charge in [0.1, 0.15) is 41.5 Å². The first-order chi connectivity index (χ1) is 19.0. The molecule has 4 rings (SSSR count). The van der Waals surface area contributed by atoms with Gasteiger partial charge in [0, 0.05) is 42.5 Å². The Morgan fingerprint density at radius 1 is 0.538 bits per heavy atom. The molecule has 0 saturated carbocycles. The van der Waals surface area contributed by atoms with E-state index in [0.717, 1.165) is 33.3 Å². The van der Waals surface area contributed by atoms with Crippen molar-refractivity contribution in [3.05, 3.63) is 77.0 Å². The summed E-state index contributed by atoms with van der Waals surface area (Å²) in [7, 11) is 11.8. The lowest BCUT2D eigenvalue weighted by molar-refractivity contribution is -0.646. The van der Waals surface area contributed by atoms with Crippen LogP contribution in [0.5, 0.6) is 34.5 Å². The standard InChI is InChI=1S/C32H34NO6/c1-33-22(13-15-27-31(38-6)19-24(35-3)20-32(27)39-7)16-21(25-10-8-9-11-28(25)33)12-14-26-29(36-4)17-23(34-2)18-30(26)37-5/h8-20H,1-7H3/q+1/b14-12+,15-13+. The maximum absolute atomic E-state index is 5.64. The van der Waals surface area contributed by atoms with Crippen LogP contribution in [0.1, 0.15) is 22.4 Å². The molecular formula is C32H34NO6+. The van der Waals surface area contributed by atoms with Crippen LogP contribution in [0, 0.1) is 0 Å². The van der Waals surface area contributed by atoms with Gasteiger partial charge in [-0.1, -0.05) is 18.2 Å². The highest BCUT2D eigenvalue weighted by Crippen LogP contribution is 2.37. The van der Waals surface area contributed by atoms with Gasteiger partial charge in [-0.3, -0.25) is 0 Å². The molecular weight excluding hydrogens is 494 g/mol. The number of aromatic nitrogens is 1. The molecule has 7 heteroatoms. The summed E-state index contributed by atoms with van der Waals surface area (Å²) in [5, 5.41) is 1.11. The van der Waals surface area contributed by atoms with E-state index in [9.17, 15) is 0 Å². The van der Waals surface area contributed by atoms with Crippen LogP contribution in [0.15, 0.2) is 54.6 Å². The van der Waals surface area contributed by atoms with Gasteiger partial charge >= 0.3 is 0 Å². The lowest BCUT2D eigenvalue weighted by atomic mass is 10.0. The topological polar surface area (TPSA) is 59.3 Å². The lowest BCUT2D eigenvalue weighted by Gasteiger charge is -2.13. The monoisotopic (exact) mass is 528 g/mol. The molecule has 0 spiro atoms. The van der Waals surface area contributed by atoms with Crippen LogP contribution in [0.3, 0.4) is 0 Å². The number of ether oxygens (including phenoxy) is 6. The largest absolute Gasteiger partial charge is 0.496 e. The molecule has 3 aromatic carbocycles. The quantitative estimate of drug-likeness (QED) is 0.233. The highest BCUT2D eigenvalue weighted by atomic mass is 16.5. The first kappa shape index (κ1) is 27.4. The van der Waals surface area contributed by atoms with E-state index >= 15 is 0 Å². The van der Waals surface area contributed by atoms with Crippen LogP contribution >= 0.6 is 0 Å². The second-order valence-corrected chi connectivity index (χ2v) is 8.66. The number of para-hydroxylation sites is 1. The molecule has 0 saturated heterocycles. The van der Waals surface area contributed by atoms with Gasteiger partial charge in [-0.15, -0.1) is 0 Å². The Hall–Kier alpha value is -4.65. The van der Waals surface area contributed by atoms with Gasteiger partial charge in [-0.05, 0) is 23.8 Å². The van der Waals surface area contributed by atoms with Crippen molar-refractivity contribution in [3.8, 4) is 34.5 Å². The molecule has 0 amide bonds. The minimum absolute atomic E-state index is 0.657. The molecule has 0 radical (unpaired) electrons. The summed E-state index contributed by atoms with van der Waals surface area (Å²) in [6.45, 7) is 0. The molecule has 0 unspecified atom stereocenters. The number of pyridine rings is 1. The highest BCUT2D eigenvalue weighted by Gasteiger charge is 2.16. The Labute approximate surface area is 229 Å². The van der Waals surface area contributed by atoms with Crippen molar-refractivity contribution in [1.29, 1.82) is 0 Å². The molecule has 0 fully saturated rings. The number of hydrogen-bond donors (Lipinski definition) is 0. The third-order valence-corrected chi connectivity index (χ3v) is 6.62. The second-order valence-electron chi connectivity index (χ2n) is 8.66. The minimum atomic E-state index is 0.657. The average Bonchev–Trinajstić information content (AvgIpc) is 2.99. The predicted octanol–water partition coefficient (Wildman–Crippen LogP) is 6.06. The van der Waals surface area contributed by atoms with Gasteiger partial charge in [0.2, 0.25) is 11.2 Å². The second kappa shape index (κ2) is 12.3. The van der Waals surface area contributed by atoms with Gasteiger partial charge < -0.3 is 28.4 Å². The third kappa shape index (κ3) is 5.62. The summed E-state index contributed by atoms with van der Waals surface area (Å²) in [5.41, 5.74) is 4.75. The van der Waals surface area contributed by atoms with Crippen LogP contribution in [-0.4, -0.2) is 42.7 Å². The Morgan fingerprint density at radius 3 is 1.46 bits per heavy atom. The molecule has 202 valence electrons. The van der Waals surface area contributed by atoms with Gasteiger partial charge in [-0.2, -0.15) is 4.57 Å². The number of fused-ring (bicyclic) bond motifs is 1. The van der Waals surface area contributed by atoms with Gasteiger partial charge in [0.25, 0.3) is 0 Å². The smallest absolute Gasteiger partial charge is 0.213 e. The van der Waals surface area contributed by atoms with E-state index in [1.807, 2.05) is 61.7 Å². The Kier molecular flexibility index (Phi) is 8.61. The van der Waals surface area contributed by atoms with Gasteiger partial charge in [-0.25, -0.2) is 0 Å². The van der Waals surface area contributed by atoms with Crippen molar-refractivity contribution >= 4 is 35.2 Å². The summed E-state index contributed by atoms with van der Waals surface area (Å²) < 4.78 is 35.5. The average molecular weight is 529 g/mol. The molecule has 0 aliphatic heterocycles. The van der Waals surface area contributed by atoms with Crippen LogP contribution < -0.4 is 33.0 Å². The van der Waals surface area contributed by atoms with E-state index in [0.29, 0.717) is 34.5 Å². The summed E-state index contributed by atoms with van der Waals surface area (Å²) in [6.07, 6.45) is 8.11. The van der Waals surface area contributed by atoms with Crippen molar-refractivity contribution in [2.24, 2.45) is 7.05 Å². The third-order valence-electron chi connectivity index (χ3n) is 6.62. The van der Waals surface area contributed by atoms with E-state index in [-0.39, 0.29) is 0 Å². The van der Waals surface area contributed by atoms with Crippen molar-refractivity contribution < 1.29 is 33.0 Å². The Morgan fingerprint density at radius 2 is 1.00 bits per heavy atom. The predicted molar refractivity (Wildman–Crippen MR) is 155 cm³/mol. The maximum atomic E-state index is 5.64. The fourth-order valence-electron chi connectivity index (χ4n) is 4.52. The van der Waals surface area contributed by atoms with E-state index < -0.39 is 0 Å². The number of benzene rings is 3. The zero-order valence-electron chi connectivity index (χ0n) is 23.4. The van der Waals surface area contributed by atoms with Gasteiger partial charge in [0.15, 0.2) is 0 Å².